The highest BCUT2D eigenvalue weighted by molar-refractivity contribution is 5.86. The largest absolute Gasteiger partial charge is 0.475 e. The van der Waals surface area contributed by atoms with E-state index in [1.54, 1.807) is 0 Å². The van der Waals surface area contributed by atoms with Crippen molar-refractivity contribution in [3.8, 4) is 11.5 Å². The summed E-state index contributed by atoms with van der Waals surface area (Å²) in [5.41, 5.74) is -1.44. The third kappa shape index (κ3) is 2.01. The van der Waals surface area contributed by atoms with Gasteiger partial charge in [-0.15, -0.1) is 0 Å². The van der Waals surface area contributed by atoms with E-state index in [-0.39, 0.29) is 5.56 Å². The predicted octanol–water partition coefficient (Wildman–Crippen LogP) is 2.65. The number of furan rings is 1. The molecule has 2 aromatic heterocycles. The number of rotatable bonds is 2. The van der Waals surface area contributed by atoms with Gasteiger partial charge < -0.3 is 13.9 Å². The van der Waals surface area contributed by atoms with E-state index < -0.39 is 29.5 Å². The normalized spacial score (nSPS) is 11.7. The summed E-state index contributed by atoms with van der Waals surface area (Å²) in [5.74, 6) is -3.53. The number of hydrogen-bond acceptors (Lipinski definition) is 4. The fraction of sp³-hybridized carbons (Fsp3) is 0.111. The number of alkyl halides is 3. The van der Waals surface area contributed by atoms with Crippen LogP contribution in [0.25, 0.3) is 11.5 Å². The van der Waals surface area contributed by atoms with Crippen molar-refractivity contribution in [2.24, 2.45) is 0 Å². The minimum Gasteiger partial charge on any atom is -0.475 e. The summed E-state index contributed by atoms with van der Waals surface area (Å²) in [6.45, 7) is 0. The molecule has 2 rings (SSSR count). The molecule has 0 bridgehead atoms. The summed E-state index contributed by atoms with van der Waals surface area (Å²) < 4.78 is 46.6. The first-order valence-corrected chi connectivity index (χ1v) is 4.23. The van der Waals surface area contributed by atoms with Gasteiger partial charge in [-0.2, -0.15) is 13.2 Å². The number of aromatic carboxylic acids is 1. The van der Waals surface area contributed by atoms with Crippen LogP contribution in [0.3, 0.4) is 0 Å². The molecule has 17 heavy (non-hydrogen) atoms. The molecule has 0 unspecified atom stereocenters. The quantitative estimate of drug-likeness (QED) is 0.882. The molecule has 90 valence electrons. The van der Waals surface area contributed by atoms with E-state index in [0.29, 0.717) is 0 Å². The Morgan fingerprint density at radius 1 is 1.41 bits per heavy atom. The minimum atomic E-state index is -4.89. The zero-order chi connectivity index (χ0) is 12.6. The van der Waals surface area contributed by atoms with Crippen molar-refractivity contribution >= 4 is 5.97 Å². The Morgan fingerprint density at radius 2 is 2.12 bits per heavy atom. The van der Waals surface area contributed by atoms with Gasteiger partial charge >= 0.3 is 12.1 Å². The topological polar surface area (TPSA) is 76.5 Å². The van der Waals surface area contributed by atoms with Crippen LogP contribution < -0.4 is 0 Å². The molecular weight excluding hydrogens is 243 g/mol. The van der Waals surface area contributed by atoms with Gasteiger partial charge in [-0.1, -0.05) is 0 Å². The van der Waals surface area contributed by atoms with Crippen molar-refractivity contribution < 1.29 is 31.9 Å². The van der Waals surface area contributed by atoms with Crippen molar-refractivity contribution in [3.05, 3.63) is 30.0 Å². The van der Waals surface area contributed by atoms with Crippen LogP contribution in [0.2, 0.25) is 0 Å². The Balaban J connectivity index is 2.56. The van der Waals surface area contributed by atoms with Crippen LogP contribution in [0.4, 0.5) is 13.2 Å². The molecule has 2 aromatic rings. The molecule has 0 aliphatic heterocycles. The van der Waals surface area contributed by atoms with Gasteiger partial charge in [0.05, 0.1) is 11.8 Å². The molecule has 0 amide bonds. The number of carbonyl (C=O) groups is 1. The van der Waals surface area contributed by atoms with Gasteiger partial charge in [-0.05, 0) is 6.07 Å². The molecule has 0 saturated carbocycles. The summed E-state index contributed by atoms with van der Waals surface area (Å²) in [6.07, 6.45) is -2.59. The lowest BCUT2D eigenvalue weighted by atomic mass is 10.3. The van der Waals surface area contributed by atoms with Gasteiger partial charge in [0.25, 0.3) is 0 Å². The average Bonchev–Trinajstić information content (AvgIpc) is 2.85. The average molecular weight is 247 g/mol. The highest BCUT2D eigenvalue weighted by atomic mass is 19.4. The summed E-state index contributed by atoms with van der Waals surface area (Å²) in [6, 6.07) is 1.30. The van der Waals surface area contributed by atoms with Gasteiger partial charge in [0, 0.05) is 0 Å². The third-order valence-corrected chi connectivity index (χ3v) is 1.86. The Morgan fingerprint density at radius 3 is 2.53 bits per heavy atom. The Bertz CT molecular complexity index is 541. The first-order valence-electron chi connectivity index (χ1n) is 4.23. The van der Waals surface area contributed by atoms with Gasteiger partial charge in [0.2, 0.25) is 11.7 Å². The molecule has 0 radical (unpaired) electrons. The van der Waals surface area contributed by atoms with Crippen LogP contribution >= 0.6 is 0 Å². The summed E-state index contributed by atoms with van der Waals surface area (Å²) >= 11 is 0. The second-order valence-electron chi connectivity index (χ2n) is 3.01. The number of nitrogens with zero attached hydrogens (tertiary/aromatic N) is 1. The Hall–Kier alpha value is -2.25. The number of carboxylic acid groups (broad SMARTS) is 1. The number of hydrogen-bond donors (Lipinski definition) is 1. The molecule has 0 aromatic carbocycles. The van der Waals surface area contributed by atoms with E-state index in [4.69, 9.17) is 5.11 Å². The van der Waals surface area contributed by atoms with Gasteiger partial charge in [0.1, 0.15) is 6.26 Å². The lowest BCUT2D eigenvalue weighted by Gasteiger charge is -2.00. The maximum absolute atomic E-state index is 12.5. The standard InChI is InChI=1S/C9H4F3NO4/c10-9(11,12)6-5(8(14)15)17-7(13-6)4-1-2-16-3-4/h1-3H,(H,14,15). The van der Waals surface area contributed by atoms with Crippen LogP contribution in [0.15, 0.2) is 27.4 Å². The molecule has 1 N–H and O–H groups in total. The lowest BCUT2D eigenvalue weighted by Crippen LogP contribution is -2.11. The first kappa shape index (κ1) is 11.2. The second kappa shape index (κ2) is 3.65. The highest BCUT2D eigenvalue weighted by Crippen LogP contribution is 2.34. The zero-order valence-electron chi connectivity index (χ0n) is 7.99. The van der Waals surface area contributed by atoms with Crippen molar-refractivity contribution in [2.45, 2.75) is 6.18 Å². The second-order valence-corrected chi connectivity index (χ2v) is 3.01. The SMILES string of the molecule is O=C(O)c1oc(-c2ccoc2)nc1C(F)(F)F. The van der Waals surface area contributed by atoms with Crippen LogP contribution in [0.5, 0.6) is 0 Å². The molecule has 5 nitrogen and oxygen atoms in total. The molecule has 2 heterocycles. The monoisotopic (exact) mass is 247 g/mol. The number of carboxylic acids is 1. The fourth-order valence-corrected chi connectivity index (χ4v) is 1.17. The molecule has 0 spiro atoms. The summed E-state index contributed by atoms with van der Waals surface area (Å²) in [5, 5.41) is 8.58. The van der Waals surface area contributed by atoms with E-state index in [0.717, 1.165) is 6.26 Å². The van der Waals surface area contributed by atoms with Crippen molar-refractivity contribution in [1.29, 1.82) is 0 Å². The summed E-state index contributed by atoms with van der Waals surface area (Å²) in [7, 11) is 0. The van der Waals surface area contributed by atoms with Crippen LogP contribution in [-0.2, 0) is 6.18 Å². The lowest BCUT2D eigenvalue weighted by molar-refractivity contribution is -0.141. The Labute approximate surface area is 91.5 Å². The smallest absolute Gasteiger partial charge is 0.437 e. The number of aromatic nitrogens is 1. The van der Waals surface area contributed by atoms with Crippen molar-refractivity contribution in [1.82, 2.24) is 4.98 Å². The van der Waals surface area contributed by atoms with E-state index >= 15 is 0 Å². The maximum Gasteiger partial charge on any atom is 0.437 e. The van der Waals surface area contributed by atoms with Crippen LogP contribution in [-0.4, -0.2) is 16.1 Å². The number of halogens is 3. The minimum absolute atomic E-state index is 0.128. The van der Waals surface area contributed by atoms with Gasteiger partial charge in [0.15, 0.2) is 5.69 Å². The molecular formula is C9H4F3NO4. The molecule has 8 heteroatoms. The maximum atomic E-state index is 12.5. The van der Waals surface area contributed by atoms with E-state index in [1.165, 1.54) is 12.3 Å². The summed E-state index contributed by atoms with van der Waals surface area (Å²) in [4.78, 5) is 13.7. The zero-order valence-corrected chi connectivity index (χ0v) is 7.99. The highest BCUT2D eigenvalue weighted by Gasteiger charge is 2.41. The van der Waals surface area contributed by atoms with Crippen molar-refractivity contribution in [2.75, 3.05) is 0 Å². The molecule has 0 saturated heterocycles. The van der Waals surface area contributed by atoms with Crippen LogP contribution in [0, 0.1) is 0 Å². The third-order valence-electron chi connectivity index (χ3n) is 1.86. The van der Waals surface area contributed by atoms with Crippen LogP contribution in [0.1, 0.15) is 16.2 Å². The van der Waals surface area contributed by atoms with E-state index in [2.05, 4.69) is 13.8 Å². The van der Waals surface area contributed by atoms with E-state index in [9.17, 15) is 18.0 Å². The molecule has 0 aliphatic carbocycles. The predicted molar refractivity (Wildman–Crippen MR) is 46.2 cm³/mol. The molecule has 0 fully saturated rings. The van der Waals surface area contributed by atoms with Crippen molar-refractivity contribution in [3.63, 3.8) is 0 Å². The fourth-order valence-electron chi connectivity index (χ4n) is 1.17. The molecule has 0 aliphatic rings. The molecule has 0 atom stereocenters. The Kier molecular flexibility index (Phi) is 2.41. The van der Waals surface area contributed by atoms with Gasteiger partial charge in [-0.25, -0.2) is 9.78 Å². The van der Waals surface area contributed by atoms with Gasteiger partial charge in [-0.3, -0.25) is 0 Å². The first-order chi connectivity index (χ1) is 7.89. The number of oxazole rings is 1. The van der Waals surface area contributed by atoms with E-state index in [1.807, 2.05) is 0 Å².